The zero-order valence-corrected chi connectivity index (χ0v) is 24.7. The van der Waals surface area contributed by atoms with Crippen LogP contribution in [-0.2, 0) is 5.41 Å². The Morgan fingerprint density at radius 2 is 1.22 bits per heavy atom. The van der Waals surface area contributed by atoms with Crippen LogP contribution < -0.4 is 4.90 Å². The van der Waals surface area contributed by atoms with Crippen molar-refractivity contribution < 1.29 is 4.42 Å². The molecule has 2 nitrogen and oxygen atoms in total. The van der Waals surface area contributed by atoms with Gasteiger partial charge >= 0.3 is 0 Å². The molecule has 0 saturated heterocycles. The monoisotopic (exact) mass is 575 g/mol. The SMILES string of the molecule is c1ccc(-c2ccccc2N(c2ccc3c(c2)C2(CC2)c2cccc4cccc-3c24)c2cccc3c2oc2ccccc23)cc1. The van der Waals surface area contributed by atoms with Crippen LogP contribution in [0.1, 0.15) is 24.0 Å². The van der Waals surface area contributed by atoms with E-state index in [0.29, 0.717) is 0 Å². The van der Waals surface area contributed by atoms with Crippen molar-refractivity contribution in [1.29, 1.82) is 0 Å². The summed E-state index contributed by atoms with van der Waals surface area (Å²) in [5, 5.41) is 5.03. The van der Waals surface area contributed by atoms with Crippen LogP contribution in [0.15, 0.2) is 156 Å². The summed E-state index contributed by atoms with van der Waals surface area (Å²) in [4.78, 5) is 2.42. The first-order valence-electron chi connectivity index (χ1n) is 15.8. The van der Waals surface area contributed by atoms with Gasteiger partial charge in [0.25, 0.3) is 0 Å². The molecule has 212 valence electrons. The van der Waals surface area contributed by atoms with Gasteiger partial charge in [0.1, 0.15) is 5.58 Å². The van der Waals surface area contributed by atoms with Crippen LogP contribution in [0.2, 0.25) is 0 Å². The van der Waals surface area contributed by atoms with E-state index in [2.05, 4.69) is 150 Å². The number of furan rings is 1. The van der Waals surface area contributed by atoms with E-state index in [0.717, 1.165) is 39.0 Å². The molecule has 2 aliphatic carbocycles. The third-order valence-electron chi connectivity index (χ3n) is 10.1. The van der Waals surface area contributed by atoms with Gasteiger partial charge in [0.2, 0.25) is 0 Å². The fourth-order valence-electron chi connectivity index (χ4n) is 7.92. The number of anilines is 3. The van der Waals surface area contributed by atoms with E-state index in [1.165, 1.54) is 57.0 Å². The first-order valence-corrected chi connectivity index (χ1v) is 15.8. The summed E-state index contributed by atoms with van der Waals surface area (Å²) in [6.45, 7) is 0. The number of nitrogens with zero attached hydrogens (tertiary/aromatic N) is 1. The number of para-hydroxylation sites is 3. The van der Waals surface area contributed by atoms with Gasteiger partial charge in [-0.2, -0.15) is 0 Å². The second-order valence-corrected chi connectivity index (χ2v) is 12.5. The van der Waals surface area contributed by atoms with Crippen molar-refractivity contribution in [2.75, 3.05) is 4.90 Å². The molecule has 1 heterocycles. The van der Waals surface area contributed by atoms with Crippen molar-refractivity contribution in [3.05, 3.63) is 163 Å². The lowest BCUT2D eigenvalue weighted by atomic mass is 9.74. The van der Waals surface area contributed by atoms with Gasteiger partial charge in [-0.3, -0.25) is 0 Å². The van der Waals surface area contributed by atoms with Crippen LogP contribution in [0.25, 0.3) is 55.0 Å². The van der Waals surface area contributed by atoms with Gasteiger partial charge in [0.15, 0.2) is 5.58 Å². The molecular weight excluding hydrogens is 546 g/mol. The molecular formula is C43H29NO. The Balaban J connectivity index is 1.27. The van der Waals surface area contributed by atoms with Gasteiger partial charge in [-0.25, -0.2) is 0 Å². The van der Waals surface area contributed by atoms with E-state index in [-0.39, 0.29) is 5.41 Å². The molecule has 0 atom stereocenters. The number of rotatable bonds is 4. The Bertz CT molecular complexity index is 2440. The third-order valence-corrected chi connectivity index (χ3v) is 10.1. The molecule has 1 spiro atoms. The normalized spacial score (nSPS) is 14.2. The molecule has 2 heteroatoms. The van der Waals surface area contributed by atoms with Crippen molar-refractivity contribution in [2.24, 2.45) is 0 Å². The Labute approximate surface area is 261 Å². The maximum Gasteiger partial charge on any atom is 0.159 e. The van der Waals surface area contributed by atoms with Gasteiger partial charge in [0, 0.05) is 27.4 Å². The molecule has 0 bridgehead atoms. The first kappa shape index (κ1) is 24.8. The standard InChI is InChI=1S/C43H29NO/c1-2-11-28(12-3-1)31-15-4-6-20-38(31)44(39-21-10-18-35-33-16-5-7-22-40(33)45-42(35)39)30-23-24-32-34-17-8-13-29-14-9-19-36(41(29)34)43(25-26-43)37(32)27-30/h1-24,27H,25-26H2. The highest BCUT2D eigenvalue weighted by Gasteiger charge is 2.50. The van der Waals surface area contributed by atoms with Crippen LogP contribution in [0.4, 0.5) is 17.1 Å². The van der Waals surface area contributed by atoms with E-state index in [9.17, 15) is 0 Å². The molecule has 0 aliphatic heterocycles. The number of benzene rings is 7. The van der Waals surface area contributed by atoms with E-state index < -0.39 is 0 Å². The molecule has 2 aliphatic rings. The largest absolute Gasteiger partial charge is 0.454 e. The highest BCUT2D eigenvalue weighted by Crippen LogP contribution is 2.62. The zero-order valence-electron chi connectivity index (χ0n) is 24.7. The molecule has 1 aromatic heterocycles. The molecule has 10 rings (SSSR count). The maximum absolute atomic E-state index is 6.66. The molecule has 1 fully saturated rings. The summed E-state index contributed by atoms with van der Waals surface area (Å²) in [6, 6.07) is 55.1. The highest BCUT2D eigenvalue weighted by atomic mass is 16.3. The average molecular weight is 576 g/mol. The van der Waals surface area contributed by atoms with Crippen molar-refractivity contribution >= 4 is 49.8 Å². The highest BCUT2D eigenvalue weighted by molar-refractivity contribution is 6.11. The molecule has 0 N–H and O–H groups in total. The molecule has 7 aromatic carbocycles. The van der Waals surface area contributed by atoms with Gasteiger partial charge in [-0.05, 0) is 81.8 Å². The van der Waals surface area contributed by atoms with Crippen LogP contribution in [0.5, 0.6) is 0 Å². The van der Waals surface area contributed by atoms with Crippen molar-refractivity contribution in [3.63, 3.8) is 0 Å². The van der Waals surface area contributed by atoms with Crippen LogP contribution in [0, 0.1) is 0 Å². The van der Waals surface area contributed by atoms with Crippen molar-refractivity contribution in [3.8, 4) is 22.3 Å². The fourth-order valence-corrected chi connectivity index (χ4v) is 7.92. The number of hydrogen-bond acceptors (Lipinski definition) is 2. The molecule has 0 unspecified atom stereocenters. The second kappa shape index (κ2) is 9.20. The average Bonchev–Trinajstić information content (AvgIpc) is 3.81. The quantitative estimate of drug-likeness (QED) is 0.208. The van der Waals surface area contributed by atoms with E-state index in [1.807, 2.05) is 6.07 Å². The summed E-state index contributed by atoms with van der Waals surface area (Å²) in [5.41, 5.74) is 13.2. The first-order chi connectivity index (χ1) is 22.3. The summed E-state index contributed by atoms with van der Waals surface area (Å²) < 4.78 is 6.66. The van der Waals surface area contributed by atoms with E-state index in [4.69, 9.17) is 4.42 Å². The Kier molecular flexibility index (Phi) is 5.07. The Hall–Kier alpha value is -5.60. The van der Waals surface area contributed by atoms with Gasteiger partial charge in [0.05, 0.1) is 11.4 Å². The van der Waals surface area contributed by atoms with E-state index >= 15 is 0 Å². The maximum atomic E-state index is 6.66. The summed E-state index contributed by atoms with van der Waals surface area (Å²) in [7, 11) is 0. The molecule has 1 saturated carbocycles. The second-order valence-electron chi connectivity index (χ2n) is 12.5. The topological polar surface area (TPSA) is 16.4 Å². The fraction of sp³-hybridized carbons (Fsp3) is 0.0698. The lowest BCUT2D eigenvalue weighted by Gasteiger charge is -2.32. The minimum atomic E-state index is 0.0647. The van der Waals surface area contributed by atoms with Gasteiger partial charge in [-0.15, -0.1) is 0 Å². The lowest BCUT2D eigenvalue weighted by Crippen LogP contribution is -2.17. The summed E-state index contributed by atoms with van der Waals surface area (Å²) in [5.74, 6) is 0. The number of fused-ring (bicyclic) bond motifs is 7. The smallest absolute Gasteiger partial charge is 0.159 e. The predicted molar refractivity (Wildman–Crippen MR) is 187 cm³/mol. The molecule has 0 radical (unpaired) electrons. The molecule has 0 amide bonds. The van der Waals surface area contributed by atoms with Crippen molar-refractivity contribution in [2.45, 2.75) is 18.3 Å². The van der Waals surface area contributed by atoms with Gasteiger partial charge < -0.3 is 9.32 Å². The summed E-state index contributed by atoms with van der Waals surface area (Å²) in [6.07, 6.45) is 2.35. The Morgan fingerprint density at radius 1 is 0.511 bits per heavy atom. The van der Waals surface area contributed by atoms with Crippen LogP contribution in [0.3, 0.4) is 0 Å². The minimum Gasteiger partial charge on any atom is -0.454 e. The third kappa shape index (κ3) is 3.51. The zero-order chi connectivity index (χ0) is 29.5. The lowest BCUT2D eigenvalue weighted by molar-refractivity contribution is 0.669. The Morgan fingerprint density at radius 3 is 2.11 bits per heavy atom. The molecule has 8 aromatic rings. The summed E-state index contributed by atoms with van der Waals surface area (Å²) >= 11 is 0. The molecule has 45 heavy (non-hydrogen) atoms. The van der Waals surface area contributed by atoms with Gasteiger partial charge in [-0.1, -0.05) is 121 Å². The van der Waals surface area contributed by atoms with Crippen LogP contribution in [-0.4, -0.2) is 0 Å². The minimum absolute atomic E-state index is 0.0647. The number of hydrogen-bond donors (Lipinski definition) is 0. The predicted octanol–water partition coefficient (Wildman–Crippen LogP) is 11.9. The van der Waals surface area contributed by atoms with Crippen LogP contribution >= 0.6 is 0 Å². The van der Waals surface area contributed by atoms with Crippen molar-refractivity contribution in [1.82, 2.24) is 0 Å². The van der Waals surface area contributed by atoms with E-state index in [1.54, 1.807) is 0 Å².